The Bertz CT molecular complexity index is 811. The fourth-order valence-electron chi connectivity index (χ4n) is 3.39. The predicted molar refractivity (Wildman–Crippen MR) is 103 cm³/mol. The minimum Gasteiger partial charge on any atom is -0.459 e. The second-order valence-corrected chi connectivity index (χ2v) is 6.88. The van der Waals surface area contributed by atoms with Gasteiger partial charge in [-0.15, -0.1) is 0 Å². The van der Waals surface area contributed by atoms with Gasteiger partial charge in [0.05, 0.1) is 12.3 Å². The van der Waals surface area contributed by atoms with Crippen molar-refractivity contribution in [1.29, 1.82) is 0 Å². The van der Waals surface area contributed by atoms with Gasteiger partial charge in [-0.1, -0.05) is 30.3 Å². The second kappa shape index (κ2) is 8.73. The molecule has 3 amide bonds. The highest BCUT2D eigenvalue weighted by atomic mass is 16.3. The zero-order valence-corrected chi connectivity index (χ0v) is 16.2. The van der Waals surface area contributed by atoms with E-state index in [1.807, 2.05) is 37.3 Å². The van der Waals surface area contributed by atoms with Crippen LogP contribution in [0.2, 0.25) is 0 Å². The lowest BCUT2D eigenvalue weighted by atomic mass is 10.1. The van der Waals surface area contributed by atoms with Crippen LogP contribution in [-0.2, 0) is 9.59 Å². The summed E-state index contributed by atoms with van der Waals surface area (Å²) in [4.78, 5) is 42.2. The maximum absolute atomic E-state index is 12.8. The van der Waals surface area contributed by atoms with E-state index in [1.54, 1.807) is 26.8 Å². The number of piperazine rings is 1. The van der Waals surface area contributed by atoms with E-state index in [-0.39, 0.29) is 30.3 Å². The largest absolute Gasteiger partial charge is 0.459 e. The smallest absolute Gasteiger partial charge is 0.289 e. The Kier molecular flexibility index (Phi) is 6.13. The van der Waals surface area contributed by atoms with E-state index in [2.05, 4.69) is 0 Å². The topological polar surface area (TPSA) is 74.1 Å². The normalized spacial score (nSPS) is 15.2. The summed E-state index contributed by atoms with van der Waals surface area (Å²) >= 11 is 0. The molecule has 2 aromatic rings. The fourth-order valence-corrected chi connectivity index (χ4v) is 3.39. The highest BCUT2D eigenvalue weighted by Gasteiger charge is 2.28. The van der Waals surface area contributed by atoms with Crippen molar-refractivity contribution in [1.82, 2.24) is 14.7 Å². The maximum Gasteiger partial charge on any atom is 0.289 e. The zero-order valence-electron chi connectivity index (χ0n) is 16.2. The molecule has 1 atom stereocenters. The van der Waals surface area contributed by atoms with Crippen LogP contribution < -0.4 is 0 Å². The number of hydrogen-bond donors (Lipinski definition) is 0. The number of nitrogens with zero attached hydrogens (tertiary/aromatic N) is 3. The molecule has 0 bridgehead atoms. The molecule has 1 fully saturated rings. The predicted octanol–water partition coefficient (Wildman–Crippen LogP) is 2.17. The summed E-state index contributed by atoms with van der Waals surface area (Å²) in [5, 5.41) is 0. The molecule has 28 heavy (non-hydrogen) atoms. The Balaban J connectivity index is 1.58. The Morgan fingerprint density at radius 1 is 1.00 bits per heavy atom. The number of amides is 3. The van der Waals surface area contributed by atoms with Crippen molar-refractivity contribution in [2.24, 2.45) is 0 Å². The standard InChI is InChI=1S/C21H25N3O4/c1-16(18-7-4-3-5-8-18)24(17(2)25)15-20(26)22-10-12-23(13-11-22)21(27)19-9-6-14-28-19/h3-9,14,16H,10-13,15H2,1-2H3. The molecule has 7 nitrogen and oxygen atoms in total. The summed E-state index contributed by atoms with van der Waals surface area (Å²) < 4.78 is 5.15. The monoisotopic (exact) mass is 383 g/mol. The molecule has 1 unspecified atom stereocenters. The van der Waals surface area contributed by atoms with Gasteiger partial charge in [-0.3, -0.25) is 14.4 Å². The van der Waals surface area contributed by atoms with E-state index < -0.39 is 0 Å². The van der Waals surface area contributed by atoms with Crippen molar-refractivity contribution >= 4 is 17.7 Å². The molecule has 1 aromatic heterocycles. The SMILES string of the molecule is CC(=O)N(CC(=O)N1CCN(C(=O)c2ccco2)CC1)C(C)c1ccccc1. The minimum atomic E-state index is -0.190. The first-order chi connectivity index (χ1) is 13.5. The van der Waals surface area contributed by atoms with Gasteiger partial charge >= 0.3 is 0 Å². The van der Waals surface area contributed by atoms with Gasteiger partial charge in [-0.25, -0.2) is 0 Å². The van der Waals surface area contributed by atoms with Crippen LogP contribution in [0.25, 0.3) is 0 Å². The summed E-state index contributed by atoms with van der Waals surface area (Å²) in [5.74, 6) is -0.112. The highest BCUT2D eigenvalue weighted by Crippen LogP contribution is 2.20. The van der Waals surface area contributed by atoms with Gasteiger partial charge in [-0.2, -0.15) is 0 Å². The summed E-state index contributed by atoms with van der Waals surface area (Å²) in [6.45, 7) is 5.20. The number of furan rings is 1. The first-order valence-electron chi connectivity index (χ1n) is 9.40. The Morgan fingerprint density at radius 3 is 2.21 bits per heavy atom. The molecule has 1 aromatic carbocycles. The van der Waals surface area contributed by atoms with E-state index in [0.29, 0.717) is 31.9 Å². The molecule has 1 saturated heterocycles. The van der Waals surface area contributed by atoms with Crippen LogP contribution in [0, 0.1) is 0 Å². The number of rotatable bonds is 5. The molecule has 0 spiro atoms. The lowest BCUT2D eigenvalue weighted by Crippen LogP contribution is -2.53. The minimum absolute atomic E-state index is 0.0253. The van der Waals surface area contributed by atoms with Gasteiger partial charge in [0.15, 0.2) is 5.76 Å². The van der Waals surface area contributed by atoms with E-state index >= 15 is 0 Å². The molecule has 1 aliphatic heterocycles. The van der Waals surface area contributed by atoms with Crippen LogP contribution in [0.1, 0.15) is 36.0 Å². The third kappa shape index (κ3) is 4.42. The first-order valence-corrected chi connectivity index (χ1v) is 9.40. The van der Waals surface area contributed by atoms with E-state index in [0.717, 1.165) is 5.56 Å². The average molecular weight is 383 g/mol. The maximum atomic E-state index is 12.8. The summed E-state index contributed by atoms with van der Waals surface area (Å²) in [6.07, 6.45) is 1.47. The first kappa shape index (κ1) is 19.7. The van der Waals surface area contributed by atoms with Crippen molar-refractivity contribution in [3.05, 3.63) is 60.1 Å². The van der Waals surface area contributed by atoms with Gasteiger partial charge < -0.3 is 19.1 Å². The van der Waals surface area contributed by atoms with Crippen LogP contribution in [0.15, 0.2) is 53.1 Å². The van der Waals surface area contributed by atoms with Crippen molar-refractivity contribution in [2.45, 2.75) is 19.9 Å². The van der Waals surface area contributed by atoms with Crippen LogP contribution in [0.4, 0.5) is 0 Å². The molecule has 0 aliphatic carbocycles. The lowest BCUT2D eigenvalue weighted by molar-refractivity contribution is -0.142. The van der Waals surface area contributed by atoms with Crippen molar-refractivity contribution < 1.29 is 18.8 Å². The molecule has 2 heterocycles. The second-order valence-electron chi connectivity index (χ2n) is 6.88. The lowest BCUT2D eigenvalue weighted by Gasteiger charge is -2.36. The molecular formula is C21H25N3O4. The molecule has 0 N–H and O–H groups in total. The summed E-state index contributed by atoms with van der Waals surface area (Å²) in [6, 6.07) is 12.8. The number of carbonyl (C=O) groups is 3. The third-order valence-electron chi connectivity index (χ3n) is 5.11. The molecule has 1 aliphatic rings. The van der Waals surface area contributed by atoms with Gasteiger partial charge in [0.2, 0.25) is 11.8 Å². The Labute approximate surface area is 164 Å². The van der Waals surface area contributed by atoms with Gasteiger partial charge in [0.25, 0.3) is 5.91 Å². The molecular weight excluding hydrogens is 358 g/mol. The number of carbonyl (C=O) groups excluding carboxylic acids is 3. The Hall–Kier alpha value is -3.09. The summed E-state index contributed by atoms with van der Waals surface area (Å²) in [7, 11) is 0. The zero-order chi connectivity index (χ0) is 20.1. The molecule has 0 saturated carbocycles. The van der Waals surface area contributed by atoms with Crippen molar-refractivity contribution in [3.8, 4) is 0 Å². The van der Waals surface area contributed by atoms with Gasteiger partial charge in [-0.05, 0) is 24.6 Å². The number of benzene rings is 1. The fraction of sp³-hybridized carbons (Fsp3) is 0.381. The molecule has 0 radical (unpaired) electrons. The van der Waals surface area contributed by atoms with E-state index in [1.165, 1.54) is 13.2 Å². The van der Waals surface area contributed by atoms with Gasteiger partial charge in [0.1, 0.15) is 6.54 Å². The quantitative estimate of drug-likeness (QED) is 0.793. The Morgan fingerprint density at radius 2 is 1.64 bits per heavy atom. The average Bonchev–Trinajstić information content (AvgIpc) is 3.26. The summed E-state index contributed by atoms with van der Waals surface area (Å²) in [5.41, 5.74) is 0.986. The van der Waals surface area contributed by atoms with E-state index in [4.69, 9.17) is 4.42 Å². The molecule has 7 heteroatoms. The van der Waals surface area contributed by atoms with Gasteiger partial charge in [0, 0.05) is 33.1 Å². The van der Waals surface area contributed by atoms with Crippen molar-refractivity contribution in [3.63, 3.8) is 0 Å². The van der Waals surface area contributed by atoms with Crippen LogP contribution >= 0.6 is 0 Å². The molecule has 148 valence electrons. The highest BCUT2D eigenvalue weighted by molar-refractivity contribution is 5.91. The van der Waals surface area contributed by atoms with Crippen LogP contribution in [0.3, 0.4) is 0 Å². The number of hydrogen-bond acceptors (Lipinski definition) is 4. The van der Waals surface area contributed by atoms with Crippen molar-refractivity contribution in [2.75, 3.05) is 32.7 Å². The molecule has 3 rings (SSSR count). The van der Waals surface area contributed by atoms with Crippen LogP contribution in [0.5, 0.6) is 0 Å². The third-order valence-corrected chi connectivity index (χ3v) is 5.11. The van der Waals surface area contributed by atoms with Crippen LogP contribution in [-0.4, -0.2) is 65.1 Å². The van der Waals surface area contributed by atoms with E-state index in [9.17, 15) is 14.4 Å².